The molecule has 1 heterocycles. The smallest absolute Gasteiger partial charge is 0.335 e. The van der Waals surface area contributed by atoms with Gasteiger partial charge in [-0.05, 0) is 24.6 Å². The fourth-order valence-corrected chi connectivity index (χ4v) is 3.24. The van der Waals surface area contributed by atoms with Gasteiger partial charge in [-0.1, -0.05) is 6.07 Å². The molecule has 1 fully saturated rings. The van der Waals surface area contributed by atoms with Gasteiger partial charge in [-0.3, -0.25) is 4.72 Å². The number of hydrogen-bond donors (Lipinski definition) is 3. The molecule has 0 atom stereocenters. The summed E-state index contributed by atoms with van der Waals surface area (Å²) < 4.78 is 28.3. The van der Waals surface area contributed by atoms with Crippen LogP contribution < -0.4 is 10.0 Å². The molecule has 1 aliphatic heterocycles. The molecule has 0 saturated carbocycles. The highest BCUT2D eigenvalue weighted by molar-refractivity contribution is 7.90. The summed E-state index contributed by atoms with van der Waals surface area (Å²) >= 11 is 0. The van der Waals surface area contributed by atoms with E-state index >= 15 is 0 Å². The van der Waals surface area contributed by atoms with Crippen LogP contribution in [0.1, 0.15) is 15.9 Å². The summed E-state index contributed by atoms with van der Waals surface area (Å²) in [5, 5.41) is 12.0. The molecular formula is C12H17N3O4S. The molecule has 3 N–H and O–H groups in total. The zero-order valence-corrected chi connectivity index (χ0v) is 11.9. The topological polar surface area (TPSA) is 98.7 Å². The van der Waals surface area contributed by atoms with Crippen LogP contribution in [0.5, 0.6) is 0 Å². The average Bonchev–Trinajstić information content (AvgIpc) is 2.42. The lowest BCUT2D eigenvalue weighted by atomic mass is 10.1. The highest BCUT2D eigenvalue weighted by Gasteiger charge is 2.24. The molecule has 1 saturated heterocycles. The summed E-state index contributed by atoms with van der Waals surface area (Å²) in [7, 11) is -3.65. The molecule has 1 aromatic carbocycles. The van der Waals surface area contributed by atoms with E-state index in [0.717, 1.165) is 0 Å². The second-order valence-electron chi connectivity index (χ2n) is 4.59. The molecule has 0 aliphatic carbocycles. The van der Waals surface area contributed by atoms with E-state index in [0.29, 0.717) is 37.4 Å². The predicted molar refractivity (Wildman–Crippen MR) is 75.1 cm³/mol. The zero-order chi connectivity index (χ0) is 14.8. The molecule has 0 unspecified atom stereocenters. The third-order valence-electron chi connectivity index (χ3n) is 3.14. The van der Waals surface area contributed by atoms with Gasteiger partial charge in [-0.25, -0.2) is 4.79 Å². The first-order valence-corrected chi connectivity index (χ1v) is 7.67. The van der Waals surface area contributed by atoms with Gasteiger partial charge in [0.05, 0.1) is 11.3 Å². The van der Waals surface area contributed by atoms with E-state index in [1.807, 2.05) is 0 Å². The third-order valence-corrected chi connectivity index (χ3v) is 4.66. The van der Waals surface area contributed by atoms with E-state index in [1.54, 1.807) is 13.0 Å². The number of nitrogens with zero attached hydrogens (tertiary/aromatic N) is 1. The first-order valence-electron chi connectivity index (χ1n) is 6.23. The molecule has 2 rings (SSSR count). The maximum Gasteiger partial charge on any atom is 0.335 e. The van der Waals surface area contributed by atoms with Crippen molar-refractivity contribution >= 4 is 21.9 Å². The molecule has 0 spiro atoms. The lowest BCUT2D eigenvalue weighted by Gasteiger charge is -2.27. The minimum absolute atomic E-state index is 0.0496. The van der Waals surface area contributed by atoms with Crippen LogP contribution in [0.15, 0.2) is 18.2 Å². The normalized spacial score (nSPS) is 16.9. The van der Waals surface area contributed by atoms with E-state index in [2.05, 4.69) is 10.0 Å². The number of carbonyl (C=O) groups is 1. The monoisotopic (exact) mass is 299 g/mol. The predicted octanol–water partition coefficient (Wildman–Crippen LogP) is 0.255. The Bertz CT molecular complexity index is 609. The van der Waals surface area contributed by atoms with Gasteiger partial charge >= 0.3 is 16.2 Å². The van der Waals surface area contributed by atoms with Crippen molar-refractivity contribution in [2.24, 2.45) is 0 Å². The first-order chi connectivity index (χ1) is 9.40. The van der Waals surface area contributed by atoms with Crippen LogP contribution in [0.3, 0.4) is 0 Å². The Kier molecular flexibility index (Phi) is 4.26. The van der Waals surface area contributed by atoms with Crippen LogP contribution in [0, 0.1) is 6.92 Å². The maximum atomic E-state index is 12.2. The van der Waals surface area contributed by atoms with Gasteiger partial charge in [0.1, 0.15) is 0 Å². The molecule has 8 heteroatoms. The van der Waals surface area contributed by atoms with Crippen molar-refractivity contribution in [2.45, 2.75) is 6.92 Å². The van der Waals surface area contributed by atoms with Crippen LogP contribution in [-0.4, -0.2) is 50.0 Å². The number of anilines is 1. The SMILES string of the molecule is Cc1ccc(C(=O)O)cc1NS(=O)(=O)N1CCNCC1. The van der Waals surface area contributed by atoms with Gasteiger partial charge < -0.3 is 10.4 Å². The van der Waals surface area contributed by atoms with Crippen LogP contribution in [-0.2, 0) is 10.2 Å². The van der Waals surface area contributed by atoms with Crippen LogP contribution in [0.2, 0.25) is 0 Å². The van der Waals surface area contributed by atoms with Gasteiger partial charge in [0.2, 0.25) is 0 Å². The summed E-state index contributed by atoms with van der Waals surface area (Å²) in [6.45, 7) is 3.73. The highest BCUT2D eigenvalue weighted by Crippen LogP contribution is 2.19. The van der Waals surface area contributed by atoms with Gasteiger partial charge in [0, 0.05) is 26.2 Å². The van der Waals surface area contributed by atoms with Crippen LogP contribution in [0.4, 0.5) is 5.69 Å². The number of carboxylic acids is 1. The third kappa shape index (κ3) is 3.27. The number of aromatic carboxylic acids is 1. The number of nitrogens with one attached hydrogen (secondary N) is 2. The van der Waals surface area contributed by atoms with Crippen LogP contribution >= 0.6 is 0 Å². The van der Waals surface area contributed by atoms with Gasteiger partial charge in [0.15, 0.2) is 0 Å². The lowest BCUT2D eigenvalue weighted by Crippen LogP contribution is -2.48. The van der Waals surface area contributed by atoms with Crippen LogP contribution in [0.25, 0.3) is 0 Å². The van der Waals surface area contributed by atoms with Gasteiger partial charge in [-0.2, -0.15) is 12.7 Å². The molecule has 20 heavy (non-hydrogen) atoms. The van der Waals surface area contributed by atoms with Crippen molar-refractivity contribution in [1.82, 2.24) is 9.62 Å². The Balaban J connectivity index is 2.24. The largest absolute Gasteiger partial charge is 0.478 e. The molecule has 1 aromatic rings. The summed E-state index contributed by atoms with van der Waals surface area (Å²) in [6, 6.07) is 4.36. The number of carboxylic acid groups (broad SMARTS) is 1. The molecule has 110 valence electrons. The molecule has 0 radical (unpaired) electrons. The Hall–Kier alpha value is -1.64. The Morgan fingerprint density at radius 2 is 2.00 bits per heavy atom. The standard InChI is InChI=1S/C12H17N3O4S/c1-9-2-3-10(12(16)17)8-11(9)14-20(18,19)15-6-4-13-5-7-15/h2-3,8,13-14H,4-7H2,1H3,(H,16,17). The van der Waals surface area contributed by atoms with Crippen molar-refractivity contribution in [3.8, 4) is 0 Å². The van der Waals surface area contributed by atoms with E-state index < -0.39 is 16.2 Å². The van der Waals surface area contributed by atoms with Crippen molar-refractivity contribution in [3.63, 3.8) is 0 Å². The quantitative estimate of drug-likeness (QED) is 0.740. The molecule has 0 amide bonds. The molecule has 0 aromatic heterocycles. The number of benzene rings is 1. The van der Waals surface area contributed by atoms with Gasteiger partial charge in [-0.15, -0.1) is 0 Å². The van der Waals surface area contributed by atoms with Crippen molar-refractivity contribution < 1.29 is 18.3 Å². The minimum Gasteiger partial charge on any atom is -0.478 e. The molecule has 1 aliphatic rings. The molecule has 0 bridgehead atoms. The summed E-state index contributed by atoms with van der Waals surface area (Å²) in [5.41, 5.74) is 1.02. The van der Waals surface area contributed by atoms with E-state index in [1.165, 1.54) is 16.4 Å². The second kappa shape index (κ2) is 5.78. The van der Waals surface area contributed by atoms with Gasteiger partial charge in [0.25, 0.3) is 0 Å². The van der Waals surface area contributed by atoms with E-state index in [-0.39, 0.29) is 5.56 Å². The molecule has 7 nitrogen and oxygen atoms in total. The summed E-state index contributed by atoms with van der Waals surface area (Å²) in [4.78, 5) is 10.9. The zero-order valence-electron chi connectivity index (χ0n) is 11.1. The Labute approximate surface area is 117 Å². The average molecular weight is 299 g/mol. The Morgan fingerprint density at radius 3 is 2.60 bits per heavy atom. The second-order valence-corrected chi connectivity index (χ2v) is 6.26. The number of rotatable bonds is 4. The number of aryl methyl sites for hydroxylation is 1. The summed E-state index contributed by atoms with van der Waals surface area (Å²) in [6.07, 6.45) is 0. The van der Waals surface area contributed by atoms with E-state index in [4.69, 9.17) is 5.11 Å². The van der Waals surface area contributed by atoms with E-state index in [9.17, 15) is 13.2 Å². The fraction of sp³-hybridized carbons (Fsp3) is 0.417. The summed E-state index contributed by atoms with van der Waals surface area (Å²) in [5.74, 6) is -1.09. The first kappa shape index (κ1) is 14.8. The highest BCUT2D eigenvalue weighted by atomic mass is 32.2. The van der Waals surface area contributed by atoms with Crippen molar-refractivity contribution in [2.75, 3.05) is 30.9 Å². The Morgan fingerprint density at radius 1 is 1.35 bits per heavy atom. The minimum atomic E-state index is -3.65. The van der Waals surface area contributed by atoms with Crippen molar-refractivity contribution in [3.05, 3.63) is 29.3 Å². The molecular weight excluding hydrogens is 282 g/mol. The lowest BCUT2D eigenvalue weighted by molar-refractivity contribution is 0.0697. The van der Waals surface area contributed by atoms with Crippen molar-refractivity contribution in [1.29, 1.82) is 0 Å². The number of hydrogen-bond acceptors (Lipinski definition) is 4. The fourth-order valence-electron chi connectivity index (χ4n) is 1.95. The maximum absolute atomic E-state index is 12.2. The number of piperazine rings is 1.